The summed E-state index contributed by atoms with van der Waals surface area (Å²) in [6.07, 6.45) is 1.23. The van der Waals surface area contributed by atoms with Crippen molar-refractivity contribution in [1.82, 2.24) is 5.32 Å². The van der Waals surface area contributed by atoms with Crippen LogP contribution >= 0.6 is 0 Å². The first kappa shape index (κ1) is 17.1. The summed E-state index contributed by atoms with van der Waals surface area (Å²) in [4.78, 5) is 11.4. The van der Waals surface area contributed by atoms with E-state index in [4.69, 9.17) is 4.74 Å². The molecule has 0 saturated carbocycles. The van der Waals surface area contributed by atoms with Crippen molar-refractivity contribution in [2.75, 3.05) is 0 Å². The summed E-state index contributed by atoms with van der Waals surface area (Å²) in [7, 11) is 0. The molecule has 0 radical (unpaired) electrons. The monoisotopic (exact) mass is 291 g/mol. The second kappa shape index (κ2) is 7.16. The molecule has 4 nitrogen and oxygen atoms in total. The molecular weight excluding hydrogens is 266 g/mol. The van der Waals surface area contributed by atoms with Gasteiger partial charge in [0.25, 0.3) is 0 Å². The number of hydrogen-bond donors (Lipinski definition) is 2. The van der Waals surface area contributed by atoms with Crippen molar-refractivity contribution in [3.63, 3.8) is 0 Å². The van der Waals surface area contributed by atoms with Crippen LogP contribution in [0.5, 0.6) is 5.75 Å². The van der Waals surface area contributed by atoms with Gasteiger partial charge in [0.1, 0.15) is 5.75 Å². The minimum atomic E-state index is -1.18. The molecule has 116 valence electrons. The number of carboxylic acid groups (broad SMARTS) is 1. The van der Waals surface area contributed by atoms with Gasteiger partial charge in [-0.2, -0.15) is 0 Å². The second-order valence-electron chi connectivity index (χ2n) is 5.62. The Hall–Kier alpha value is -1.97. The van der Waals surface area contributed by atoms with Gasteiger partial charge in [0.2, 0.25) is 5.60 Å². The highest BCUT2D eigenvalue weighted by Gasteiger charge is 2.34. The van der Waals surface area contributed by atoms with Crippen molar-refractivity contribution in [2.45, 2.75) is 52.7 Å². The van der Waals surface area contributed by atoms with E-state index in [0.717, 1.165) is 23.2 Å². The van der Waals surface area contributed by atoms with Crippen molar-refractivity contribution >= 4 is 5.97 Å². The molecule has 4 heteroatoms. The molecule has 0 aliphatic heterocycles. The van der Waals surface area contributed by atoms with Gasteiger partial charge in [-0.3, -0.25) is 0 Å². The van der Waals surface area contributed by atoms with Gasteiger partial charge in [0, 0.05) is 12.2 Å². The predicted octanol–water partition coefficient (Wildman–Crippen LogP) is 3.64. The van der Waals surface area contributed by atoms with Gasteiger partial charge in [-0.15, -0.1) is 0 Å². The van der Waals surface area contributed by atoms with Crippen LogP contribution in [0.15, 0.2) is 30.5 Å². The standard InChI is InChI=1S/C17H25NO3/c1-6-9-17(5,16(19)20)21-15-8-7-14(10-13(15)4)11-18-12(2)3/h7-8,10,18H,2,6,9,11H2,1,3-5H3,(H,19,20). The smallest absolute Gasteiger partial charge is 0.347 e. The van der Waals surface area contributed by atoms with Gasteiger partial charge in [-0.05, 0) is 44.4 Å². The second-order valence-corrected chi connectivity index (χ2v) is 5.62. The summed E-state index contributed by atoms with van der Waals surface area (Å²) < 4.78 is 5.78. The molecule has 0 aliphatic carbocycles. The molecule has 1 rings (SSSR count). The van der Waals surface area contributed by atoms with Crippen LogP contribution in [0.2, 0.25) is 0 Å². The molecule has 0 spiro atoms. The van der Waals surface area contributed by atoms with Crippen molar-refractivity contribution in [3.8, 4) is 5.75 Å². The molecule has 1 atom stereocenters. The fourth-order valence-electron chi connectivity index (χ4n) is 2.11. The summed E-state index contributed by atoms with van der Waals surface area (Å²) >= 11 is 0. The third-order valence-electron chi connectivity index (χ3n) is 3.35. The van der Waals surface area contributed by atoms with Crippen molar-refractivity contribution in [1.29, 1.82) is 0 Å². The normalized spacial score (nSPS) is 13.3. The minimum Gasteiger partial charge on any atom is -0.478 e. The number of ether oxygens (including phenoxy) is 1. The molecule has 0 aliphatic rings. The molecular formula is C17H25NO3. The third kappa shape index (κ3) is 4.81. The molecule has 0 heterocycles. The molecule has 1 unspecified atom stereocenters. The van der Waals surface area contributed by atoms with Gasteiger partial charge in [-0.25, -0.2) is 4.79 Å². The molecule has 0 saturated heterocycles. The first-order chi connectivity index (χ1) is 9.78. The van der Waals surface area contributed by atoms with Gasteiger partial charge in [-0.1, -0.05) is 32.1 Å². The summed E-state index contributed by atoms with van der Waals surface area (Å²) in [6, 6.07) is 5.77. The van der Waals surface area contributed by atoms with E-state index in [9.17, 15) is 9.90 Å². The Morgan fingerprint density at radius 2 is 2.14 bits per heavy atom. The number of nitrogens with one attached hydrogen (secondary N) is 1. The van der Waals surface area contributed by atoms with Crippen LogP contribution in [0.25, 0.3) is 0 Å². The molecule has 21 heavy (non-hydrogen) atoms. The number of benzene rings is 1. The van der Waals surface area contributed by atoms with E-state index in [1.54, 1.807) is 6.92 Å². The van der Waals surface area contributed by atoms with Crippen molar-refractivity contribution < 1.29 is 14.6 Å². The zero-order chi connectivity index (χ0) is 16.0. The summed E-state index contributed by atoms with van der Waals surface area (Å²) in [5.41, 5.74) is 1.76. The molecule has 0 amide bonds. The maximum Gasteiger partial charge on any atom is 0.347 e. The lowest BCUT2D eigenvalue weighted by molar-refractivity contribution is -0.154. The molecule has 2 N–H and O–H groups in total. The van der Waals surface area contributed by atoms with Crippen LogP contribution in [-0.2, 0) is 11.3 Å². The first-order valence-electron chi connectivity index (χ1n) is 7.20. The van der Waals surface area contributed by atoms with Gasteiger partial charge >= 0.3 is 5.97 Å². The summed E-state index contributed by atoms with van der Waals surface area (Å²) in [5.74, 6) is -0.316. The van der Waals surface area contributed by atoms with E-state index < -0.39 is 11.6 Å². The Labute approximate surface area is 126 Å². The highest BCUT2D eigenvalue weighted by Crippen LogP contribution is 2.27. The number of hydrogen-bond acceptors (Lipinski definition) is 3. The van der Waals surface area contributed by atoms with Crippen LogP contribution in [0.4, 0.5) is 0 Å². The van der Waals surface area contributed by atoms with Crippen LogP contribution < -0.4 is 10.1 Å². The lowest BCUT2D eigenvalue weighted by atomic mass is 10.00. The Bertz CT molecular complexity index is 525. The third-order valence-corrected chi connectivity index (χ3v) is 3.35. The summed E-state index contributed by atoms with van der Waals surface area (Å²) in [5, 5.41) is 12.5. The quantitative estimate of drug-likeness (QED) is 0.767. The lowest BCUT2D eigenvalue weighted by Crippen LogP contribution is -2.41. The van der Waals surface area contributed by atoms with Crippen LogP contribution in [0.3, 0.4) is 0 Å². The number of rotatable bonds is 8. The van der Waals surface area contributed by atoms with E-state index in [-0.39, 0.29) is 0 Å². The molecule has 1 aromatic carbocycles. The Kier molecular flexibility index (Phi) is 5.82. The highest BCUT2D eigenvalue weighted by molar-refractivity contribution is 5.77. The maximum absolute atomic E-state index is 11.4. The number of allylic oxidation sites excluding steroid dienone is 1. The Balaban J connectivity index is 2.89. The molecule has 0 fully saturated rings. The predicted molar refractivity (Wildman–Crippen MR) is 84.4 cm³/mol. The van der Waals surface area contributed by atoms with E-state index in [1.165, 1.54) is 0 Å². The molecule has 0 bridgehead atoms. The SMILES string of the molecule is C=C(C)NCc1ccc(OC(C)(CCC)C(=O)O)c(C)c1. The van der Waals surface area contributed by atoms with Crippen molar-refractivity contribution in [2.24, 2.45) is 0 Å². The average Bonchev–Trinajstić information content (AvgIpc) is 2.39. The molecule has 1 aromatic rings. The van der Waals surface area contributed by atoms with Crippen molar-refractivity contribution in [3.05, 3.63) is 41.6 Å². The summed E-state index contributed by atoms with van der Waals surface area (Å²) in [6.45, 7) is 11.9. The zero-order valence-electron chi connectivity index (χ0n) is 13.3. The Morgan fingerprint density at radius 1 is 1.48 bits per heavy atom. The fourth-order valence-corrected chi connectivity index (χ4v) is 2.11. The number of aryl methyl sites for hydroxylation is 1. The lowest BCUT2D eigenvalue weighted by Gasteiger charge is -2.27. The van der Waals surface area contributed by atoms with Gasteiger partial charge in [0.15, 0.2) is 0 Å². The largest absolute Gasteiger partial charge is 0.478 e. The minimum absolute atomic E-state index is 0.473. The van der Waals surface area contributed by atoms with Crippen LogP contribution in [0, 0.1) is 6.92 Å². The van der Waals surface area contributed by atoms with E-state index >= 15 is 0 Å². The number of carbonyl (C=O) groups is 1. The zero-order valence-corrected chi connectivity index (χ0v) is 13.3. The topological polar surface area (TPSA) is 58.6 Å². The highest BCUT2D eigenvalue weighted by atomic mass is 16.5. The van der Waals surface area contributed by atoms with Crippen LogP contribution in [-0.4, -0.2) is 16.7 Å². The van der Waals surface area contributed by atoms with E-state index in [0.29, 0.717) is 18.7 Å². The maximum atomic E-state index is 11.4. The fraction of sp³-hybridized carbons (Fsp3) is 0.471. The van der Waals surface area contributed by atoms with E-state index in [2.05, 4.69) is 11.9 Å². The average molecular weight is 291 g/mol. The number of aliphatic carboxylic acids is 1. The van der Waals surface area contributed by atoms with Crippen LogP contribution in [0.1, 0.15) is 44.7 Å². The number of carboxylic acids is 1. The first-order valence-corrected chi connectivity index (χ1v) is 7.20. The molecule has 0 aromatic heterocycles. The van der Waals surface area contributed by atoms with Gasteiger partial charge < -0.3 is 15.2 Å². The van der Waals surface area contributed by atoms with E-state index in [1.807, 2.05) is 39.0 Å². The van der Waals surface area contributed by atoms with Gasteiger partial charge in [0.05, 0.1) is 0 Å². The Morgan fingerprint density at radius 3 is 2.62 bits per heavy atom.